The van der Waals surface area contributed by atoms with Crippen LogP contribution in [0.1, 0.15) is 34.5 Å². The van der Waals surface area contributed by atoms with Crippen molar-refractivity contribution >= 4 is 11.7 Å². The van der Waals surface area contributed by atoms with Gasteiger partial charge in [-0.1, -0.05) is 24.3 Å². The van der Waals surface area contributed by atoms with Crippen LogP contribution in [0.5, 0.6) is 0 Å². The molecule has 0 spiro atoms. The van der Waals surface area contributed by atoms with Crippen LogP contribution in [-0.4, -0.2) is 35.1 Å². The first kappa shape index (κ1) is 16.4. The van der Waals surface area contributed by atoms with Crippen LogP contribution in [0, 0.1) is 6.92 Å². The predicted molar refractivity (Wildman–Crippen MR) is 91.8 cm³/mol. The first-order valence-corrected chi connectivity index (χ1v) is 8.22. The zero-order valence-corrected chi connectivity index (χ0v) is 13.8. The minimum Gasteiger partial charge on any atom is -0.376 e. The number of aryl methyl sites for hydroxylation is 1. The molecule has 1 unspecified atom stereocenters. The van der Waals surface area contributed by atoms with Crippen LogP contribution in [0.4, 0.5) is 5.82 Å². The molecule has 0 aliphatic carbocycles. The van der Waals surface area contributed by atoms with Gasteiger partial charge in [-0.2, -0.15) is 0 Å². The Labute approximate surface area is 141 Å². The van der Waals surface area contributed by atoms with E-state index in [9.17, 15) is 4.79 Å². The SMILES string of the molecule is Cc1ccccc1CNc1cnc(C(=O)NCC2CCCO2)cn1. The number of carbonyl (C=O) groups is 1. The second kappa shape index (κ2) is 7.88. The normalized spacial score (nSPS) is 16.8. The van der Waals surface area contributed by atoms with Crippen molar-refractivity contribution in [2.75, 3.05) is 18.5 Å². The summed E-state index contributed by atoms with van der Waals surface area (Å²) in [6.45, 7) is 4.05. The lowest BCUT2D eigenvalue weighted by molar-refractivity contribution is 0.0853. The molecule has 6 heteroatoms. The second-order valence-electron chi connectivity index (χ2n) is 5.91. The molecule has 24 heavy (non-hydrogen) atoms. The summed E-state index contributed by atoms with van der Waals surface area (Å²) < 4.78 is 5.48. The van der Waals surface area contributed by atoms with Crippen LogP contribution in [0.25, 0.3) is 0 Å². The third kappa shape index (κ3) is 4.29. The fourth-order valence-corrected chi connectivity index (χ4v) is 2.63. The number of anilines is 1. The number of amides is 1. The Bertz CT molecular complexity index is 682. The third-order valence-electron chi connectivity index (χ3n) is 4.12. The van der Waals surface area contributed by atoms with E-state index in [-0.39, 0.29) is 12.0 Å². The maximum atomic E-state index is 12.0. The molecule has 126 valence electrons. The quantitative estimate of drug-likeness (QED) is 0.852. The van der Waals surface area contributed by atoms with Gasteiger partial charge < -0.3 is 15.4 Å². The van der Waals surface area contributed by atoms with Crippen molar-refractivity contribution in [3.63, 3.8) is 0 Å². The minimum absolute atomic E-state index is 0.122. The highest BCUT2D eigenvalue weighted by Crippen LogP contribution is 2.11. The lowest BCUT2D eigenvalue weighted by atomic mass is 10.1. The Hall–Kier alpha value is -2.47. The van der Waals surface area contributed by atoms with Crippen molar-refractivity contribution in [1.82, 2.24) is 15.3 Å². The summed E-state index contributed by atoms with van der Waals surface area (Å²) in [6, 6.07) is 8.17. The molecule has 1 amide bonds. The monoisotopic (exact) mass is 326 g/mol. The van der Waals surface area contributed by atoms with Gasteiger partial charge in [-0.15, -0.1) is 0 Å². The molecule has 0 radical (unpaired) electrons. The zero-order valence-electron chi connectivity index (χ0n) is 13.8. The van der Waals surface area contributed by atoms with Crippen molar-refractivity contribution < 1.29 is 9.53 Å². The summed E-state index contributed by atoms with van der Waals surface area (Å²) in [5.74, 6) is 0.428. The molecule has 0 bridgehead atoms. The van der Waals surface area contributed by atoms with Gasteiger partial charge in [0.05, 0.1) is 18.5 Å². The van der Waals surface area contributed by atoms with Crippen LogP contribution in [0.2, 0.25) is 0 Å². The van der Waals surface area contributed by atoms with Crippen molar-refractivity contribution in [2.24, 2.45) is 0 Å². The molecule has 1 fully saturated rings. The number of nitrogens with zero attached hydrogens (tertiary/aromatic N) is 2. The molecular formula is C18H22N4O2. The lowest BCUT2D eigenvalue weighted by Gasteiger charge is -2.11. The largest absolute Gasteiger partial charge is 0.376 e. The predicted octanol–water partition coefficient (Wildman–Crippen LogP) is 2.31. The van der Waals surface area contributed by atoms with Crippen LogP contribution in [0.15, 0.2) is 36.7 Å². The van der Waals surface area contributed by atoms with E-state index >= 15 is 0 Å². The standard InChI is InChI=1S/C18H22N4O2/c1-13-5-2-3-6-14(13)9-20-17-12-19-16(11-21-17)18(23)22-10-15-7-4-8-24-15/h2-3,5-6,11-12,15H,4,7-10H2,1H3,(H,20,21)(H,22,23). The molecule has 6 nitrogen and oxygen atoms in total. The van der Waals surface area contributed by atoms with E-state index in [2.05, 4.69) is 39.7 Å². The summed E-state index contributed by atoms with van der Waals surface area (Å²) in [5.41, 5.74) is 2.75. The molecule has 1 saturated heterocycles. The number of hydrogen-bond donors (Lipinski definition) is 2. The van der Waals surface area contributed by atoms with Gasteiger partial charge in [0.2, 0.25) is 0 Å². The number of carbonyl (C=O) groups excluding carboxylic acids is 1. The van der Waals surface area contributed by atoms with E-state index in [1.165, 1.54) is 17.3 Å². The number of hydrogen-bond acceptors (Lipinski definition) is 5. The molecule has 2 N–H and O–H groups in total. The summed E-state index contributed by atoms with van der Waals surface area (Å²) in [7, 11) is 0. The average molecular weight is 326 g/mol. The fraction of sp³-hybridized carbons (Fsp3) is 0.389. The van der Waals surface area contributed by atoms with Crippen LogP contribution >= 0.6 is 0 Å². The van der Waals surface area contributed by atoms with Crippen LogP contribution in [-0.2, 0) is 11.3 Å². The zero-order chi connectivity index (χ0) is 16.8. The summed E-state index contributed by atoms with van der Waals surface area (Å²) in [5, 5.41) is 6.06. The highest BCUT2D eigenvalue weighted by Gasteiger charge is 2.17. The Kier molecular flexibility index (Phi) is 5.38. The maximum Gasteiger partial charge on any atom is 0.271 e. The molecule has 2 aromatic rings. The van der Waals surface area contributed by atoms with Gasteiger partial charge in [0, 0.05) is 19.7 Å². The molecule has 1 aliphatic heterocycles. The summed E-state index contributed by atoms with van der Waals surface area (Å²) >= 11 is 0. The third-order valence-corrected chi connectivity index (χ3v) is 4.12. The Morgan fingerprint density at radius 2 is 2.17 bits per heavy atom. The van der Waals surface area contributed by atoms with Gasteiger partial charge >= 0.3 is 0 Å². The first-order chi connectivity index (χ1) is 11.7. The van der Waals surface area contributed by atoms with Crippen molar-refractivity contribution in [3.8, 4) is 0 Å². The molecule has 0 saturated carbocycles. The Morgan fingerprint density at radius 1 is 1.29 bits per heavy atom. The first-order valence-electron chi connectivity index (χ1n) is 8.22. The molecular weight excluding hydrogens is 304 g/mol. The maximum absolute atomic E-state index is 12.0. The second-order valence-corrected chi connectivity index (χ2v) is 5.91. The minimum atomic E-state index is -0.219. The van der Waals surface area contributed by atoms with E-state index in [4.69, 9.17) is 4.74 Å². The van der Waals surface area contributed by atoms with Gasteiger partial charge in [0.25, 0.3) is 5.91 Å². The Balaban J connectivity index is 1.51. The van der Waals surface area contributed by atoms with E-state index in [0.29, 0.717) is 24.6 Å². The van der Waals surface area contributed by atoms with Crippen molar-refractivity contribution in [2.45, 2.75) is 32.4 Å². The van der Waals surface area contributed by atoms with E-state index in [1.54, 1.807) is 6.20 Å². The molecule has 2 heterocycles. The number of benzene rings is 1. The number of nitrogens with one attached hydrogen (secondary N) is 2. The van der Waals surface area contributed by atoms with Gasteiger partial charge in [-0.05, 0) is 30.9 Å². The summed E-state index contributed by atoms with van der Waals surface area (Å²) in [4.78, 5) is 20.5. The van der Waals surface area contributed by atoms with Crippen LogP contribution < -0.4 is 10.6 Å². The van der Waals surface area contributed by atoms with Crippen LogP contribution in [0.3, 0.4) is 0 Å². The molecule has 3 rings (SSSR count). The smallest absolute Gasteiger partial charge is 0.271 e. The van der Waals surface area contributed by atoms with Gasteiger partial charge in [-0.25, -0.2) is 9.97 Å². The molecule has 1 aromatic heterocycles. The van der Waals surface area contributed by atoms with E-state index < -0.39 is 0 Å². The number of ether oxygens (including phenoxy) is 1. The fourth-order valence-electron chi connectivity index (χ4n) is 2.63. The number of rotatable bonds is 6. The van der Waals surface area contributed by atoms with Crippen molar-refractivity contribution in [1.29, 1.82) is 0 Å². The Morgan fingerprint density at radius 3 is 2.88 bits per heavy atom. The van der Waals surface area contributed by atoms with Gasteiger partial charge in [0.1, 0.15) is 11.5 Å². The molecule has 1 aliphatic rings. The molecule has 1 atom stereocenters. The van der Waals surface area contributed by atoms with Gasteiger partial charge in [-0.3, -0.25) is 4.79 Å². The highest BCUT2D eigenvalue weighted by atomic mass is 16.5. The van der Waals surface area contributed by atoms with E-state index in [1.807, 2.05) is 12.1 Å². The van der Waals surface area contributed by atoms with E-state index in [0.717, 1.165) is 19.4 Å². The topological polar surface area (TPSA) is 76.1 Å². The van der Waals surface area contributed by atoms with Crippen molar-refractivity contribution in [3.05, 3.63) is 53.5 Å². The highest BCUT2D eigenvalue weighted by molar-refractivity contribution is 5.92. The summed E-state index contributed by atoms with van der Waals surface area (Å²) in [6.07, 6.45) is 5.25. The molecule has 1 aromatic carbocycles. The lowest BCUT2D eigenvalue weighted by Crippen LogP contribution is -2.32. The average Bonchev–Trinajstić information content (AvgIpc) is 3.13. The number of aromatic nitrogens is 2. The van der Waals surface area contributed by atoms with Gasteiger partial charge in [0.15, 0.2) is 0 Å².